The Kier molecular flexibility index (Phi) is 3.74. The van der Waals surface area contributed by atoms with E-state index >= 15 is 0 Å². The maximum atomic E-state index is 12.2. The van der Waals surface area contributed by atoms with Crippen LogP contribution < -0.4 is 4.74 Å². The number of alkyl halides is 3. The van der Waals surface area contributed by atoms with Crippen molar-refractivity contribution in [3.05, 3.63) is 29.3 Å². The molecule has 0 spiro atoms. The van der Waals surface area contributed by atoms with Gasteiger partial charge in [-0.1, -0.05) is 26.8 Å². The van der Waals surface area contributed by atoms with E-state index in [4.69, 9.17) is 0 Å². The number of aryl methyl sites for hydroxylation is 1. The number of rotatable bonds is 3. The fourth-order valence-electron chi connectivity index (χ4n) is 1.54. The molecule has 0 amide bonds. The zero-order chi connectivity index (χ0) is 13.3. The fraction of sp³-hybridized carbons (Fsp3) is 0.538. The minimum Gasteiger partial charge on any atom is -0.406 e. The number of hydrogen-bond donors (Lipinski definition) is 0. The lowest BCUT2D eigenvalue weighted by atomic mass is 9.81. The first-order chi connectivity index (χ1) is 7.64. The molecule has 0 aliphatic heterocycles. The number of hydrogen-bond acceptors (Lipinski definition) is 1. The van der Waals surface area contributed by atoms with Crippen LogP contribution in [0.4, 0.5) is 13.2 Å². The lowest BCUT2D eigenvalue weighted by molar-refractivity contribution is -0.274. The third-order valence-corrected chi connectivity index (χ3v) is 2.95. The van der Waals surface area contributed by atoms with Crippen molar-refractivity contribution < 1.29 is 17.9 Å². The van der Waals surface area contributed by atoms with Gasteiger partial charge >= 0.3 is 6.36 Å². The largest absolute Gasteiger partial charge is 0.573 e. The van der Waals surface area contributed by atoms with Crippen LogP contribution in [0.25, 0.3) is 0 Å². The molecule has 96 valence electrons. The predicted octanol–water partition coefficient (Wildman–Crippen LogP) is 4.58. The summed E-state index contributed by atoms with van der Waals surface area (Å²) in [5.74, 6) is -0.144. The van der Waals surface area contributed by atoms with Crippen LogP contribution in [0.3, 0.4) is 0 Å². The summed E-state index contributed by atoms with van der Waals surface area (Å²) in [6.45, 7) is 7.77. The lowest BCUT2D eigenvalue weighted by Crippen LogP contribution is -2.19. The van der Waals surface area contributed by atoms with E-state index in [2.05, 4.69) is 4.74 Å². The second-order valence-corrected chi connectivity index (χ2v) is 4.82. The summed E-state index contributed by atoms with van der Waals surface area (Å²) in [4.78, 5) is 0. The highest BCUT2D eigenvalue weighted by Crippen LogP contribution is 2.32. The molecular formula is C13H17F3O. The molecule has 0 N–H and O–H groups in total. The normalized spacial score (nSPS) is 12.6. The number of halogens is 3. The summed E-state index contributed by atoms with van der Waals surface area (Å²) in [5, 5.41) is 0. The Hall–Kier alpha value is -1.19. The molecule has 1 nitrogen and oxygen atoms in total. The summed E-state index contributed by atoms with van der Waals surface area (Å²) in [6.07, 6.45) is -3.79. The highest BCUT2D eigenvalue weighted by atomic mass is 19.4. The molecule has 0 unspecified atom stereocenters. The molecule has 0 saturated carbocycles. The van der Waals surface area contributed by atoms with Crippen molar-refractivity contribution >= 4 is 0 Å². The first-order valence-corrected chi connectivity index (χ1v) is 5.52. The van der Waals surface area contributed by atoms with Gasteiger partial charge < -0.3 is 4.74 Å². The Labute approximate surface area is 99.6 Å². The zero-order valence-corrected chi connectivity index (χ0v) is 10.5. The van der Waals surface area contributed by atoms with E-state index in [-0.39, 0.29) is 11.2 Å². The van der Waals surface area contributed by atoms with Crippen LogP contribution in [-0.2, 0) is 5.41 Å². The third-order valence-electron chi connectivity index (χ3n) is 2.95. The molecule has 0 fully saturated rings. The Balaban J connectivity index is 3.11. The zero-order valence-electron chi connectivity index (χ0n) is 10.5. The van der Waals surface area contributed by atoms with Crippen LogP contribution in [0.5, 0.6) is 5.75 Å². The quantitative estimate of drug-likeness (QED) is 0.758. The predicted molar refractivity (Wildman–Crippen MR) is 61.2 cm³/mol. The van der Waals surface area contributed by atoms with Crippen LogP contribution in [0, 0.1) is 6.92 Å². The minimum atomic E-state index is -4.64. The van der Waals surface area contributed by atoms with Crippen molar-refractivity contribution in [2.24, 2.45) is 0 Å². The SMILES string of the molecule is CCC(C)(C)c1cc(C)cc(OC(F)(F)F)c1. The van der Waals surface area contributed by atoms with Crippen molar-refractivity contribution in [1.82, 2.24) is 0 Å². The van der Waals surface area contributed by atoms with Gasteiger partial charge in [-0.05, 0) is 42.0 Å². The average molecular weight is 246 g/mol. The highest BCUT2D eigenvalue weighted by Gasteiger charge is 2.31. The van der Waals surface area contributed by atoms with Crippen LogP contribution in [0.2, 0.25) is 0 Å². The molecule has 1 aromatic carbocycles. The van der Waals surface area contributed by atoms with Gasteiger partial charge in [0.2, 0.25) is 0 Å². The van der Waals surface area contributed by atoms with Crippen LogP contribution >= 0.6 is 0 Å². The molecule has 17 heavy (non-hydrogen) atoms. The summed E-state index contributed by atoms with van der Waals surface area (Å²) in [6, 6.07) is 4.75. The van der Waals surface area contributed by atoms with Gasteiger partial charge in [0.25, 0.3) is 0 Å². The van der Waals surface area contributed by atoms with Gasteiger partial charge in [0.1, 0.15) is 5.75 Å². The second kappa shape index (κ2) is 4.59. The summed E-state index contributed by atoms with van der Waals surface area (Å²) >= 11 is 0. The van der Waals surface area contributed by atoms with Crippen LogP contribution in [0.15, 0.2) is 18.2 Å². The molecule has 4 heteroatoms. The number of benzene rings is 1. The second-order valence-electron chi connectivity index (χ2n) is 4.82. The van der Waals surface area contributed by atoms with Gasteiger partial charge in [0.05, 0.1) is 0 Å². The molecule has 1 aromatic rings. The third kappa shape index (κ3) is 3.95. The van der Waals surface area contributed by atoms with Crippen molar-refractivity contribution in [2.75, 3.05) is 0 Å². The molecular weight excluding hydrogens is 229 g/mol. The molecule has 0 saturated heterocycles. The minimum absolute atomic E-state index is 0.144. The van der Waals surface area contributed by atoms with E-state index in [1.807, 2.05) is 26.8 Å². The van der Waals surface area contributed by atoms with E-state index < -0.39 is 6.36 Å². The van der Waals surface area contributed by atoms with Crippen LogP contribution in [-0.4, -0.2) is 6.36 Å². The highest BCUT2D eigenvalue weighted by molar-refractivity contribution is 5.37. The maximum Gasteiger partial charge on any atom is 0.573 e. The summed E-state index contributed by atoms with van der Waals surface area (Å²) < 4.78 is 40.4. The van der Waals surface area contributed by atoms with Crippen molar-refractivity contribution in [2.45, 2.75) is 45.9 Å². The van der Waals surface area contributed by atoms with Gasteiger partial charge in [-0.3, -0.25) is 0 Å². The average Bonchev–Trinajstić information content (AvgIpc) is 2.14. The molecule has 1 rings (SSSR count). The fourth-order valence-corrected chi connectivity index (χ4v) is 1.54. The van der Waals surface area contributed by atoms with Gasteiger partial charge in [0, 0.05) is 0 Å². The molecule has 0 aliphatic carbocycles. The number of ether oxygens (including phenoxy) is 1. The first-order valence-electron chi connectivity index (χ1n) is 5.52. The summed E-state index contributed by atoms with van der Waals surface area (Å²) in [5.41, 5.74) is 1.47. The van der Waals surface area contributed by atoms with Gasteiger partial charge in [-0.25, -0.2) is 0 Å². The Morgan fingerprint density at radius 2 is 1.71 bits per heavy atom. The monoisotopic (exact) mass is 246 g/mol. The topological polar surface area (TPSA) is 9.23 Å². The lowest BCUT2D eigenvalue weighted by Gasteiger charge is -2.24. The smallest absolute Gasteiger partial charge is 0.406 e. The van der Waals surface area contributed by atoms with Crippen molar-refractivity contribution in [3.63, 3.8) is 0 Å². The molecule has 0 heterocycles. The standard InChI is InChI=1S/C13H17F3O/c1-5-12(3,4)10-6-9(2)7-11(8-10)17-13(14,15)16/h6-8H,5H2,1-4H3. The van der Waals surface area contributed by atoms with Gasteiger partial charge in [-0.2, -0.15) is 0 Å². The molecule has 0 bridgehead atoms. The van der Waals surface area contributed by atoms with E-state index in [9.17, 15) is 13.2 Å². The van der Waals surface area contributed by atoms with Crippen LogP contribution in [0.1, 0.15) is 38.3 Å². The first kappa shape index (κ1) is 13.9. The Bertz CT molecular complexity index is 394. The van der Waals surface area contributed by atoms with E-state index in [0.29, 0.717) is 0 Å². The van der Waals surface area contributed by atoms with Gasteiger partial charge in [-0.15, -0.1) is 13.2 Å². The van der Waals surface area contributed by atoms with E-state index in [1.54, 1.807) is 6.92 Å². The molecule has 0 aliphatic rings. The van der Waals surface area contributed by atoms with E-state index in [1.165, 1.54) is 12.1 Å². The van der Waals surface area contributed by atoms with Crippen molar-refractivity contribution in [1.29, 1.82) is 0 Å². The van der Waals surface area contributed by atoms with E-state index in [0.717, 1.165) is 17.5 Å². The maximum absolute atomic E-state index is 12.2. The molecule has 0 radical (unpaired) electrons. The van der Waals surface area contributed by atoms with Crippen molar-refractivity contribution in [3.8, 4) is 5.75 Å². The van der Waals surface area contributed by atoms with Gasteiger partial charge in [0.15, 0.2) is 0 Å². The Morgan fingerprint density at radius 1 is 1.12 bits per heavy atom. The summed E-state index contributed by atoms with van der Waals surface area (Å²) in [7, 11) is 0. The molecule has 0 atom stereocenters. The molecule has 0 aromatic heterocycles. The Morgan fingerprint density at radius 3 is 2.18 bits per heavy atom.